The molecule has 69 heavy (non-hydrogen) atoms. The van der Waals surface area contributed by atoms with Crippen molar-refractivity contribution in [3.63, 3.8) is 0 Å². The van der Waals surface area contributed by atoms with E-state index in [0.717, 1.165) is 150 Å². The predicted octanol–water partition coefficient (Wildman–Crippen LogP) is 6.77. The summed E-state index contributed by atoms with van der Waals surface area (Å²) in [7, 11) is -6.30. The van der Waals surface area contributed by atoms with E-state index in [2.05, 4.69) is 26.2 Å². The maximum Gasteiger partial charge on any atom is 0.104 e. The summed E-state index contributed by atoms with van der Waals surface area (Å²) in [6.45, 7) is 16.9. The Kier molecular flexibility index (Phi) is 47.0. The third kappa shape index (κ3) is 40.3. The van der Waals surface area contributed by atoms with Crippen LogP contribution in [0.2, 0.25) is 98.7 Å². The van der Waals surface area contributed by atoms with Gasteiger partial charge in [0.15, 0.2) is 0 Å². The molecule has 0 heterocycles. The Labute approximate surface area is 424 Å². The monoisotopic (exact) mass is 1060 g/mol. The van der Waals surface area contributed by atoms with Crippen LogP contribution < -0.4 is 0 Å². The van der Waals surface area contributed by atoms with Crippen LogP contribution in [-0.2, 0) is 33.2 Å². The lowest BCUT2D eigenvalue weighted by molar-refractivity contribution is -0.0764. The lowest BCUT2D eigenvalue weighted by Crippen LogP contribution is -2.32. The Bertz CT molecular complexity index is 980. The zero-order valence-corrected chi connectivity index (χ0v) is 48.7. The highest BCUT2D eigenvalue weighted by molar-refractivity contribution is 6.79. The highest BCUT2D eigenvalue weighted by Gasteiger charge is 2.29. The minimum absolute atomic E-state index is 0.202. The average molecular weight is 1060 g/mol. The highest BCUT2D eigenvalue weighted by atomic mass is 28.3. The van der Waals surface area contributed by atoms with Crippen LogP contribution in [0.25, 0.3) is 0 Å². The van der Waals surface area contributed by atoms with Crippen LogP contribution in [0.1, 0.15) is 77.0 Å². The van der Waals surface area contributed by atoms with E-state index in [4.69, 9.17) is 33.2 Å². The van der Waals surface area contributed by atoms with E-state index < -0.39 is 32.3 Å². The fourth-order valence-corrected chi connectivity index (χ4v) is 24.8. The van der Waals surface area contributed by atoms with Gasteiger partial charge in [-0.2, -0.15) is 0 Å². The van der Waals surface area contributed by atoms with E-state index in [0.29, 0.717) is 79.3 Å². The zero-order valence-electron chi connectivity index (χ0n) is 44.7. The molecule has 0 saturated heterocycles. The summed E-state index contributed by atoms with van der Waals surface area (Å²) in [5.74, 6) is 0. The molecule has 0 amide bonds. The van der Waals surface area contributed by atoms with Crippen LogP contribution in [0.15, 0.2) is 0 Å². The molecule has 0 radical (unpaired) electrons. The van der Waals surface area contributed by atoms with Crippen molar-refractivity contribution in [2.24, 2.45) is 0 Å². The van der Waals surface area contributed by atoms with Crippen LogP contribution in [0.5, 0.6) is 0 Å². The van der Waals surface area contributed by atoms with E-state index in [1.807, 2.05) is 0 Å². The average Bonchev–Trinajstić information content (AvgIpc) is 3.35. The van der Waals surface area contributed by atoms with Crippen molar-refractivity contribution in [3.8, 4) is 0 Å². The predicted molar refractivity (Wildman–Crippen MR) is 290 cm³/mol. The molecule has 0 aliphatic rings. The topological polar surface area (TPSA) is 226 Å². The second-order valence-electron chi connectivity index (χ2n) is 21.2. The second-order valence-corrected chi connectivity index (χ2v) is 41.7. The summed E-state index contributed by atoms with van der Waals surface area (Å²) in [5, 5.41) is 75.6. The van der Waals surface area contributed by atoms with Gasteiger partial charge in [0.1, 0.15) is 12.2 Å². The smallest absolute Gasteiger partial charge is 0.104 e. The van der Waals surface area contributed by atoms with Gasteiger partial charge in [0.2, 0.25) is 0 Å². The summed E-state index contributed by atoms with van der Waals surface area (Å²) in [4.78, 5) is 0. The molecule has 0 spiro atoms. The van der Waals surface area contributed by atoms with E-state index >= 15 is 0 Å². The Morgan fingerprint density at radius 2 is 0.435 bits per heavy atom. The summed E-state index contributed by atoms with van der Waals surface area (Å²) < 4.78 is 43.1. The molecule has 0 bridgehead atoms. The quantitative estimate of drug-likeness (QED) is 0.0232. The number of aliphatic hydroxyl groups excluding tert-OH is 8. The number of ether oxygens (including phenoxy) is 7. The van der Waals surface area contributed by atoms with Crippen LogP contribution in [0.4, 0.5) is 0 Å². The SMILES string of the molecule is C[Si](CCCO)(CCCO)CCCOCC(COCCOCCOCC(COCCC[Si](C)(CCCO)CCCO)OCCC[Si](C)(CCCO)CCCO)OCCC[Si](C)(CCCO)CCCO. The summed E-state index contributed by atoms with van der Waals surface area (Å²) >= 11 is 0. The van der Waals surface area contributed by atoms with Gasteiger partial charge in [0.25, 0.3) is 0 Å². The van der Waals surface area contributed by atoms with Gasteiger partial charge >= 0.3 is 0 Å². The van der Waals surface area contributed by atoms with Gasteiger partial charge < -0.3 is 74.0 Å². The molecule has 0 saturated carbocycles. The Balaban J connectivity index is 5.17. The van der Waals surface area contributed by atoms with Gasteiger partial charge in [0, 0.05) is 79.3 Å². The van der Waals surface area contributed by atoms with Crippen molar-refractivity contribution in [3.05, 3.63) is 0 Å². The molecule has 0 aromatic rings. The van der Waals surface area contributed by atoms with E-state index in [1.54, 1.807) is 0 Å². The number of hydrogen-bond acceptors (Lipinski definition) is 15. The summed E-state index contributed by atoms with van der Waals surface area (Å²) in [6.07, 6.45) is 9.82. The minimum Gasteiger partial charge on any atom is -0.396 e. The van der Waals surface area contributed by atoms with Gasteiger partial charge in [-0.3, -0.25) is 0 Å². The van der Waals surface area contributed by atoms with Crippen molar-refractivity contribution in [1.82, 2.24) is 0 Å². The second kappa shape index (κ2) is 46.8. The van der Waals surface area contributed by atoms with Crippen LogP contribution in [0.3, 0.4) is 0 Å². The lowest BCUT2D eigenvalue weighted by atomic mass is 10.4. The van der Waals surface area contributed by atoms with E-state index in [9.17, 15) is 40.9 Å². The first kappa shape index (κ1) is 69.3. The summed E-state index contributed by atoms with van der Waals surface area (Å²) in [6, 6.07) is 12.8. The Morgan fingerprint density at radius 3 is 0.667 bits per heavy atom. The number of rotatable bonds is 56. The molecule has 15 nitrogen and oxygen atoms in total. The number of hydrogen-bond donors (Lipinski definition) is 8. The maximum atomic E-state index is 9.47. The van der Waals surface area contributed by atoms with Gasteiger partial charge in [-0.15, -0.1) is 0 Å². The third-order valence-electron chi connectivity index (χ3n) is 14.2. The molecule has 0 aromatic heterocycles. The molecule has 0 aliphatic heterocycles. The summed E-state index contributed by atoms with van der Waals surface area (Å²) in [5.41, 5.74) is 0. The van der Waals surface area contributed by atoms with Crippen LogP contribution >= 0.6 is 0 Å². The van der Waals surface area contributed by atoms with E-state index in [1.165, 1.54) is 0 Å². The van der Waals surface area contributed by atoms with Gasteiger partial charge in [-0.25, -0.2) is 0 Å². The van der Waals surface area contributed by atoms with E-state index in [-0.39, 0.29) is 65.1 Å². The largest absolute Gasteiger partial charge is 0.396 e. The molecule has 19 heteroatoms. The molecular weight excluding hydrogens is 953 g/mol. The normalized spacial score (nSPS) is 13.7. The van der Waals surface area contributed by atoms with Crippen molar-refractivity contribution in [1.29, 1.82) is 0 Å². The van der Waals surface area contributed by atoms with Crippen LogP contribution in [0, 0.1) is 0 Å². The molecule has 2 unspecified atom stereocenters. The minimum atomic E-state index is -1.59. The van der Waals surface area contributed by atoms with Crippen molar-refractivity contribution in [2.75, 3.05) is 132 Å². The molecule has 0 fully saturated rings. The van der Waals surface area contributed by atoms with Gasteiger partial charge in [-0.1, -0.05) is 98.7 Å². The standard InChI is InChI=1S/C50H110O15Si4/c1-66(33-5-17-51,34-6-18-52)41-13-25-60-45-49(64-27-15-43-68(3,37-9-21-55)38-10-22-56)47-62-31-29-59-30-32-63-48-50(65-28-16-44-69(4,39-11-23-57)40-12-24-58)46-61-26-14-42-67(2,35-7-19-53)36-8-20-54/h49-58H,5-48H2,1-4H3. The first-order chi connectivity index (χ1) is 33.3. The molecule has 416 valence electrons. The fourth-order valence-electron chi connectivity index (χ4n) is 9.73. The van der Waals surface area contributed by atoms with Gasteiger partial charge in [-0.05, 0) is 77.0 Å². The zero-order chi connectivity index (χ0) is 51.2. The molecule has 0 rings (SSSR count). The van der Waals surface area contributed by atoms with Crippen molar-refractivity contribution >= 4 is 32.3 Å². The maximum absolute atomic E-state index is 9.47. The van der Waals surface area contributed by atoms with Crippen molar-refractivity contribution in [2.45, 2.75) is 188 Å². The third-order valence-corrected chi connectivity index (χ3v) is 32.9. The first-order valence-corrected chi connectivity index (χ1v) is 39.8. The number of aliphatic hydroxyl groups is 8. The molecule has 2 atom stereocenters. The van der Waals surface area contributed by atoms with Gasteiger partial charge in [0.05, 0.1) is 85.2 Å². The molecule has 0 aromatic carbocycles. The van der Waals surface area contributed by atoms with Crippen LogP contribution in [-0.4, -0.2) is 217 Å². The molecule has 8 N–H and O–H groups in total. The lowest BCUT2D eigenvalue weighted by Gasteiger charge is -2.28. The fraction of sp³-hybridized carbons (Fsp3) is 1.00. The molecule has 0 aliphatic carbocycles. The highest BCUT2D eigenvalue weighted by Crippen LogP contribution is 2.29. The Morgan fingerprint density at radius 1 is 0.246 bits per heavy atom. The first-order valence-electron chi connectivity index (χ1n) is 27.3. The Hall–Kier alpha value is 0.268. The molecular formula is C50H110O15Si4. The van der Waals surface area contributed by atoms with Crippen molar-refractivity contribution < 1.29 is 74.0 Å².